The SMILES string of the molecule is Cc1cc(CCC(=O)CCCc2ccc3c(c2)OCO3)nc(-n2ccnc2)n1. The van der Waals surface area contributed by atoms with Crippen molar-refractivity contribution in [1.82, 2.24) is 19.5 Å². The highest BCUT2D eigenvalue weighted by Gasteiger charge is 2.13. The van der Waals surface area contributed by atoms with E-state index in [-0.39, 0.29) is 12.6 Å². The van der Waals surface area contributed by atoms with Gasteiger partial charge in [-0.15, -0.1) is 0 Å². The molecule has 0 radical (unpaired) electrons. The van der Waals surface area contributed by atoms with E-state index in [9.17, 15) is 4.79 Å². The standard InChI is InChI=1S/C21H22N4O3/c1-15-11-17(24-21(23-15)25-10-9-22-13-25)6-7-18(26)4-2-3-16-5-8-19-20(12-16)28-14-27-19/h5,8-13H,2-4,6-7,14H2,1H3. The molecule has 0 fully saturated rings. The summed E-state index contributed by atoms with van der Waals surface area (Å²) >= 11 is 0. The number of fused-ring (bicyclic) bond motifs is 1. The number of rotatable bonds is 8. The van der Waals surface area contributed by atoms with Crippen LogP contribution in [0.5, 0.6) is 11.5 Å². The molecule has 3 aromatic rings. The van der Waals surface area contributed by atoms with E-state index >= 15 is 0 Å². The maximum absolute atomic E-state index is 12.3. The molecule has 0 N–H and O–H groups in total. The molecule has 4 rings (SSSR count). The Morgan fingerprint density at radius 2 is 2.00 bits per heavy atom. The first kappa shape index (κ1) is 18.2. The van der Waals surface area contributed by atoms with Gasteiger partial charge in [0.25, 0.3) is 0 Å². The average molecular weight is 378 g/mol. The number of carbonyl (C=O) groups excluding carboxylic acids is 1. The van der Waals surface area contributed by atoms with Crippen molar-refractivity contribution in [3.8, 4) is 17.4 Å². The number of ether oxygens (including phenoxy) is 2. The fraction of sp³-hybridized carbons (Fsp3) is 0.333. The maximum atomic E-state index is 12.3. The van der Waals surface area contributed by atoms with Crippen molar-refractivity contribution in [3.63, 3.8) is 0 Å². The van der Waals surface area contributed by atoms with Gasteiger partial charge >= 0.3 is 0 Å². The second-order valence-corrected chi connectivity index (χ2v) is 6.85. The molecule has 28 heavy (non-hydrogen) atoms. The quantitative estimate of drug-likeness (QED) is 0.599. The summed E-state index contributed by atoms with van der Waals surface area (Å²) in [5, 5.41) is 0. The Balaban J connectivity index is 1.27. The third-order valence-corrected chi connectivity index (χ3v) is 4.65. The van der Waals surface area contributed by atoms with Gasteiger partial charge in [-0.3, -0.25) is 9.36 Å². The molecule has 0 spiro atoms. The summed E-state index contributed by atoms with van der Waals surface area (Å²) in [6.07, 6.45) is 8.50. The van der Waals surface area contributed by atoms with Crippen LogP contribution in [-0.2, 0) is 17.6 Å². The maximum Gasteiger partial charge on any atom is 0.235 e. The van der Waals surface area contributed by atoms with E-state index in [4.69, 9.17) is 9.47 Å². The molecular formula is C21H22N4O3. The predicted octanol–water partition coefficient (Wildman–Crippen LogP) is 3.22. The summed E-state index contributed by atoms with van der Waals surface area (Å²) in [4.78, 5) is 25.3. The van der Waals surface area contributed by atoms with Crippen LogP contribution in [0, 0.1) is 6.92 Å². The van der Waals surface area contributed by atoms with Gasteiger partial charge in [0.1, 0.15) is 12.1 Å². The smallest absolute Gasteiger partial charge is 0.235 e. The van der Waals surface area contributed by atoms with Crippen molar-refractivity contribution in [2.45, 2.75) is 39.0 Å². The van der Waals surface area contributed by atoms with Crippen molar-refractivity contribution in [3.05, 3.63) is 59.9 Å². The van der Waals surface area contributed by atoms with Gasteiger partial charge in [0.15, 0.2) is 11.5 Å². The normalized spacial score (nSPS) is 12.3. The van der Waals surface area contributed by atoms with E-state index in [2.05, 4.69) is 15.0 Å². The molecule has 0 atom stereocenters. The molecule has 3 heterocycles. The van der Waals surface area contributed by atoms with Crippen molar-refractivity contribution in [2.24, 2.45) is 0 Å². The highest BCUT2D eigenvalue weighted by atomic mass is 16.7. The summed E-state index contributed by atoms with van der Waals surface area (Å²) in [5.41, 5.74) is 2.91. The molecule has 7 nitrogen and oxygen atoms in total. The van der Waals surface area contributed by atoms with Gasteiger partial charge < -0.3 is 9.47 Å². The lowest BCUT2D eigenvalue weighted by molar-refractivity contribution is -0.119. The second kappa shape index (κ2) is 8.21. The molecule has 7 heteroatoms. The van der Waals surface area contributed by atoms with Crippen molar-refractivity contribution in [1.29, 1.82) is 0 Å². The van der Waals surface area contributed by atoms with Crippen LogP contribution in [0.4, 0.5) is 0 Å². The van der Waals surface area contributed by atoms with Gasteiger partial charge in [0.05, 0.1) is 0 Å². The van der Waals surface area contributed by atoms with E-state index in [1.807, 2.05) is 31.2 Å². The molecule has 144 valence electrons. The fourth-order valence-electron chi connectivity index (χ4n) is 3.22. The summed E-state index contributed by atoms with van der Waals surface area (Å²) in [5.74, 6) is 2.41. The average Bonchev–Trinajstić information content (AvgIpc) is 3.37. The number of aryl methyl sites for hydroxylation is 3. The number of carbonyl (C=O) groups is 1. The Bertz CT molecular complexity index is 970. The molecule has 0 saturated carbocycles. The molecule has 0 aliphatic carbocycles. The lowest BCUT2D eigenvalue weighted by Gasteiger charge is -2.06. The Hall–Kier alpha value is -3.22. The largest absolute Gasteiger partial charge is 0.454 e. The molecule has 1 aliphatic heterocycles. The van der Waals surface area contributed by atoms with Crippen LogP contribution in [0.25, 0.3) is 5.95 Å². The summed E-state index contributed by atoms with van der Waals surface area (Å²) in [6.45, 7) is 2.21. The molecule has 0 amide bonds. The van der Waals surface area contributed by atoms with Gasteiger partial charge in [0, 0.05) is 36.6 Å². The lowest BCUT2D eigenvalue weighted by Crippen LogP contribution is -2.06. The highest BCUT2D eigenvalue weighted by Crippen LogP contribution is 2.32. The van der Waals surface area contributed by atoms with Gasteiger partial charge in [-0.1, -0.05) is 6.07 Å². The van der Waals surface area contributed by atoms with Crippen LogP contribution in [0.1, 0.15) is 36.2 Å². The number of hydrogen-bond acceptors (Lipinski definition) is 6. The minimum atomic E-state index is 0.251. The third-order valence-electron chi connectivity index (χ3n) is 4.65. The first-order chi connectivity index (χ1) is 13.7. The molecule has 0 bridgehead atoms. The zero-order valence-corrected chi connectivity index (χ0v) is 15.8. The van der Waals surface area contributed by atoms with E-state index in [0.717, 1.165) is 41.3 Å². The van der Waals surface area contributed by atoms with Gasteiger partial charge in [-0.05, 0) is 49.9 Å². The summed E-state index contributed by atoms with van der Waals surface area (Å²) in [7, 11) is 0. The minimum absolute atomic E-state index is 0.251. The molecule has 1 aromatic carbocycles. The van der Waals surface area contributed by atoms with Crippen LogP contribution in [0.2, 0.25) is 0 Å². The number of imidazole rings is 1. The molecule has 0 saturated heterocycles. The molecular weight excluding hydrogens is 356 g/mol. The van der Waals surface area contributed by atoms with Crippen LogP contribution in [-0.4, -0.2) is 32.1 Å². The zero-order chi connectivity index (χ0) is 19.3. The van der Waals surface area contributed by atoms with Gasteiger partial charge in [-0.25, -0.2) is 15.0 Å². The predicted molar refractivity (Wildman–Crippen MR) is 103 cm³/mol. The Labute approximate surface area is 163 Å². The number of hydrogen-bond donors (Lipinski definition) is 0. The Morgan fingerprint density at radius 1 is 1.11 bits per heavy atom. The topological polar surface area (TPSA) is 79.1 Å². The van der Waals surface area contributed by atoms with Crippen molar-refractivity contribution < 1.29 is 14.3 Å². The highest BCUT2D eigenvalue weighted by molar-refractivity contribution is 5.78. The number of benzene rings is 1. The minimum Gasteiger partial charge on any atom is -0.454 e. The summed E-state index contributed by atoms with van der Waals surface area (Å²) in [6, 6.07) is 7.88. The number of Topliss-reactive ketones (excluding diaryl/α,β-unsaturated/α-hetero) is 1. The summed E-state index contributed by atoms with van der Waals surface area (Å²) < 4.78 is 12.5. The van der Waals surface area contributed by atoms with E-state index in [1.54, 1.807) is 23.3 Å². The number of nitrogens with zero attached hydrogens (tertiary/aromatic N) is 4. The molecule has 2 aromatic heterocycles. The Morgan fingerprint density at radius 3 is 2.86 bits per heavy atom. The van der Waals surface area contributed by atoms with E-state index < -0.39 is 0 Å². The first-order valence-corrected chi connectivity index (χ1v) is 9.40. The second-order valence-electron chi connectivity index (χ2n) is 6.85. The van der Waals surface area contributed by atoms with Crippen LogP contribution in [0.3, 0.4) is 0 Å². The first-order valence-electron chi connectivity index (χ1n) is 9.40. The zero-order valence-electron chi connectivity index (χ0n) is 15.8. The van der Waals surface area contributed by atoms with Crippen LogP contribution in [0.15, 0.2) is 43.0 Å². The third kappa shape index (κ3) is 4.36. The lowest BCUT2D eigenvalue weighted by atomic mass is 10.0. The molecule has 0 unspecified atom stereocenters. The number of aromatic nitrogens is 4. The van der Waals surface area contributed by atoms with Crippen LogP contribution < -0.4 is 9.47 Å². The Kier molecular flexibility index (Phi) is 5.32. The van der Waals surface area contributed by atoms with E-state index in [1.165, 1.54) is 0 Å². The fourth-order valence-corrected chi connectivity index (χ4v) is 3.22. The van der Waals surface area contributed by atoms with Gasteiger partial charge in [0.2, 0.25) is 12.7 Å². The van der Waals surface area contributed by atoms with Crippen molar-refractivity contribution in [2.75, 3.05) is 6.79 Å². The van der Waals surface area contributed by atoms with Gasteiger partial charge in [-0.2, -0.15) is 0 Å². The number of ketones is 1. The van der Waals surface area contributed by atoms with Crippen LogP contribution >= 0.6 is 0 Å². The van der Waals surface area contributed by atoms with Crippen molar-refractivity contribution >= 4 is 5.78 Å². The molecule has 1 aliphatic rings. The monoisotopic (exact) mass is 378 g/mol. The van der Waals surface area contributed by atoms with E-state index in [0.29, 0.717) is 25.2 Å².